The molecule has 2 atom stereocenters. The number of nitrogens with one attached hydrogen (secondary N) is 2. The smallest absolute Gasteiger partial charge is 0.297 e. The summed E-state index contributed by atoms with van der Waals surface area (Å²) in [6.45, 7) is 8.32. The van der Waals surface area contributed by atoms with Crippen LogP contribution < -0.4 is 10.6 Å². The number of anilines is 2. The number of alkyl halides is 2. The second-order valence-corrected chi connectivity index (χ2v) is 15.8. The van der Waals surface area contributed by atoms with Gasteiger partial charge in [0.1, 0.15) is 17.1 Å². The Balaban J connectivity index is 1.03. The molecule has 1 unspecified atom stereocenters. The summed E-state index contributed by atoms with van der Waals surface area (Å²) >= 11 is 0. The zero-order valence-electron chi connectivity index (χ0n) is 32.2. The van der Waals surface area contributed by atoms with Gasteiger partial charge in [-0.15, -0.1) is 0 Å². The van der Waals surface area contributed by atoms with Crippen molar-refractivity contribution in [3.63, 3.8) is 0 Å². The molecule has 0 radical (unpaired) electrons. The van der Waals surface area contributed by atoms with Gasteiger partial charge < -0.3 is 20.2 Å². The number of aliphatic hydroxyl groups is 1. The quantitative estimate of drug-likeness (QED) is 0.134. The fourth-order valence-corrected chi connectivity index (χ4v) is 8.44. The van der Waals surface area contributed by atoms with Gasteiger partial charge in [0.2, 0.25) is 11.8 Å². The van der Waals surface area contributed by atoms with Crippen molar-refractivity contribution in [3.8, 4) is 6.07 Å². The van der Waals surface area contributed by atoms with Crippen LogP contribution in [-0.4, -0.2) is 80.1 Å². The number of carbonyl (C=O) groups is 1. The molecule has 2 saturated heterocycles. The Hall–Kier alpha value is -5.62. The average Bonchev–Trinajstić information content (AvgIpc) is 3.82. The molecule has 0 bridgehead atoms. The first-order valence-electron chi connectivity index (χ1n) is 19.4. The van der Waals surface area contributed by atoms with Crippen LogP contribution in [0.1, 0.15) is 79.4 Å². The number of allylic oxidation sites excluding steroid dienone is 4. The maximum atomic E-state index is 14.1. The van der Waals surface area contributed by atoms with Gasteiger partial charge >= 0.3 is 0 Å². The molecular weight excluding hydrogens is 729 g/mol. The highest BCUT2D eigenvalue weighted by Crippen LogP contribution is 2.49. The van der Waals surface area contributed by atoms with Gasteiger partial charge in [-0.05, 0) is 84.9 Å². The van der Waals surface area contributed by atoms with Crippen LogP contribution in [0.2, 0.25) is 0 Å². The van der Waals surface area contributed by atoms with Crippen molar-refractivity contribution >= 4 is 45.1 Å². The molecule has 0 spiro atoms. The van der Waals surface area contributed by atoms with E-state index in [1.54, 1.807) is 19.3 Å². The summed E-state index contributed by atoms with van der Waals surface area (Å²) in [5.41, 5.74) is 6.03. The van der Waals surface area contributed by atoms with Gasteiger partial charge in [-0.1, -0.05) is 44.2 Å². The van der Waals surface area contributed by atoms with Gasteiger partial charge in [0, 0.05) is 56.4 Å². The first kappa shape index (κ1) is 38.3. The molecule has 2 aromatic carbocycles. The van der Waals surface area contributed by atoms with Gasteiger partial charge in [0.15, 0.2) is 17.2 Å². The van der Waals surface area contributed by atoms with E-state index in [9.17, 15) is 23.9 Å². The largest absolute Gasteiger partial charge is 0.439 e. The number of pyridine rings is 1. The van der Waals surface area contributed by atoms with Crippen molar-refractivity contribution in [2.24, 2.45) is 11.3 Å². The summed E-state index contributed by atoms with van der Waals surface area (Å²) in [6.07, 6.45) is 6.84. The highest BCUT2D eigenvalue weighted by atomic mass is 19.3. The number of hydrogen-bond donors (Lipinski definition) is 3. The van der Waals surface area contributed by atoms with Crippen LogP contribution in [0, 0.1) is 22.7 Å². The number of piperidine rings is 1. The molecule has 2 aliphatic heterocycles. The number of likely N-dealkylation sites (tertiary alicyclic amines) is 2. The molecule has 294 valence electrons. The number of nitriles is 1. The van der Waals surface area contributed by atoms with Crippen molar-refractivity contribution in [2.75, 3.05) is 38.5 Å². The zero-order chi connectivity index (χ0) is 39.8. The normalized spacial score (nSPS) is 20.3. The van der Waals surface area contributed by atoms with E-state index in [1.807, 2.05) is 42.5 Å². The van der Waals surface area contributed by atoms with E-state index in [4.69, 9.17) is 9.40 Å². The lowest BCUT2D eigenvalue weighted by Gasteiger charge is -2.35. The number of amides is 1. The number of fused-ring (bicyclic) bond motifs is 2. The number of halogens is 2. The lowest BCUT2D eigenvalue weighted by atomic mass is 9.68. The third kappa shape index (κ3) is 7.87. The summed E-state index contributed by atoms with van der Waals surface area (Å²) in [5.74, 6) is -0.0536. The number of rotatable bonds is 10. The molecule has 2 fully saturated rings. The number of hydrogen-bond acceptors (Lipinski definition) is 11. The van der Waals surface area contributed by atoms with Gasteiger partial charge in [-0.25, -0.2) is 23.7 Å². The van der Waals surface area contributed by atoms with Gasteiger partial charge in [-0.2, -0.15) is 5.26 Å². The Morgan fingerprint density at radius 2 is 1.81 bits per heavy atom. The fraction of sp³-hybridized carbons (Fsp3) is 0.395. The lowest BCUT2D eigenvalue weighted by molar-refractivity contribution is -0.125. The summed E-state index contributed by atoms with van der Waals surface area (Å²) in [4.78, 5) is 34.4. The van der Waals surface area contributed by atoms with Crippen molar-refractivity contribution in [2.45, 2.75) is 64.6 Å². The number of carbonyl (C=O) groups excluding carboxylic acids is 1. The van der Waals surface area contributed by atoms with Gasteiger partial charge in [0.25, 0.3) is 6.43 Å². The summed E-state index contributed by atoms with van der Waals surface area (Å²) in [7, 11) is 1.68. The predicted octanol–water partition coefficient (Wildman–Crippen LogP) is 7.01. The molecular formula is C43H45F2N9O3. The minimum absolute atomic E-state index is 0.0275. The molecule has 5 aromatic rings. The van der Waals surface area contributed by atoms with E-state index in [-0.39, 0.29) is 29.7 Å². The third-order valence-corrected chi connectivity index (χ3v) is 11.5. The maximum absolute atomic E-state index is 14.1. The average molecular weight is 774 g/mol. The van der Waals surface area contributed by atoms with E-state index in [1.165, 1.54) is 0 Å². The van der Waals surface area contributed by atoms with E-state index in [2.05, 4.69) is 67.5 Å². The Labute approximate surface area is 329 Å². The van der Waals surface area contributed by atoms with Gasteiger partial charge in [0.05, 0.1) is 23.1 Å². The lowest BCUT2D eigenvalue weighted by Crippen LogP contribution is -2.39. The SMILES string of the molecule is CNC(=O)C1CCN(Cc2cc(C#N)c3oc([C@@H]4C=CC=C(c5cccc(Nc6nc(C(F)F)nc7cc(CN8CCC(O)C8)cnc67)c5)C4(C)C)nc3c2)CC1. The van der Waals surface area contributed by atoms with E-state index < -0.39 is 17.7 Å². The summed E-state index contributed by atoms with van der Waals surface area (Å²) in [6, 6.07) is 15.6. The Morgan fingerprint density at radius 1 is 1.04 bits per heavy atom. The van der Waals surface area contributed by atoms with Crippen LogP contribution in [0.3, 0.4) is 0 Å². The van der Waals surface area contributed by atoms with E-state index in [0.29, 0.717) is 65.3 Å². The topological polar surface area (TPSA) is 156 Å². The molecule has 5 heterocycles. The minimum Gasteiger partial charge on any atom is -0.439 e. The zero-order valence-corrected chi connectivity index (χ0v) is 32.2. The van der Waals surface area contributed by atoms with Crippen LogP contribution in [0.5, 0.6) is 0 Å². The standard InChI is InChI=1S/C43H45F2N9O3/c1-43(2)32(8-5-9-33(43)42-51-35-17-25(16-29(20-46)37(35)57-42)22-53-13-10-27(11-14-53)41(56)47-3)28-6-4-7-30(19-28)49-39-36-34(50-40(52-39)38(44)45)18-26(21-48-36)23-54-15-12-31(55)24-54/h4-9,16-19,21,27,31,33,38,55H,10-15,22-24H2,1-3H3,(H,47,56)(H,49,50,52)/t31?,33-/m0/s1. The summed E-state index contributed by atoms with van der Waals surface area (Å²) < 4.78 is 34.5. The number of nitrogens with zero attached hydrogens (tertiary/aromatic N) is 7. The van der Waals surface area contributed by atoms with Crippen molar-refractivity contribution < 1.29 is 23.1 Å². The van der Waals surface area contributed by atoms with E-state index >= 15 is 0 Å². The third-order valence-electron chi connectivity index (χ3n) is 11.5. The maximum Gasteiger partial charge on any atom is 0.297 e. The van der Waals surface area contributed by atoms with Crippen molar-refractivity contribution in [1.82, 2.24) is 35.1 Å². The monoisotopic (exact) mass is 773 g/mol. The number of benzene rings is 2. The molecule has 3 aliphatic rings. The van der Waals surface area contributed by atoms with Crippen LogP contribution in [0.4, 0.5) is 20.3 Å². The molecule has 12 nitrogen and oxygen atoms in total. The van der Waals surface area contributed by atoms with Crippen molar-refractivity contribution in [1.29, 1.82) is 5.26 Å². The van der Waals surface area contributed by atoms with Gasteiger partial charge in [-0.3, -0.25) is 19.6 Å². The first-order valence-corrected chi connectivity index (χ1v) is 19.4. The minimum atomic E-state index is -2.88. The second kappa shape index (κ2) is 15.7. The molecule has 1 amide bonds. The first-order chi connectivity index (χ1) is 27.5. The molecule has 3 N–H and O–H groups in total. The molecule has 0 saturated carbocycles. The van der Waals surface area contributed by atoms with Crippen LogP contribution in [0.15, 0.2) is 71.3 Å². The van der Waals surface area contributed by atoms with Crippen LogP contribution in [0.25, 0.3) is 27.7 Å². The molecule has 3 aromatic heterocycles. The Morgan fingerprint density at radius 3 is 2.54 bits per heavy atom. The number of aliphatic hydroxyl groups excluding tert-OH is 1. The number of oxazole rings is 1. The number of β-amino-alcohol motifs (C(OH)–C–C–N with tert-alkyl or cyclic N) is 1. The van der Waals surface area contributed by atoms with E-state index in [0.717, 1.165) is 54.7 Å². The molecule has 8 rings (SSSR count). The Bertz CT molecular complexity index is 2430. The van der Waals surface area contributed by atoms with Crippen LogP contribution >= 0.6 is 0 Å². The molecule has 14 heteroatoms. The highest BCUT2D eigenvalue weighted by molar-refractivity contribution is 5.88. The van der Waals surface area contributed by atoms with Crippen LogP contribution in [-0.2, 0) is 17.9 Å². The Kier molecular flexibility index (Phi) is 10.6. The van der Waals surface area contributed by atoms with Crippen molar-refractivity contribution in [3.05, 3.63) is 101 Å². The highest BCUT2D eigenvalue weighted by Gasteiger charge is 2.38. The molecule has 57 heavy (non-hydrogen) atoms. The molecule has 1 aliphatic carbocycles. The number of aromatic nitrogens is 4. The second-order valence-electron chi connectivity index (χ2n) is 15.8. The summed E-state index contributed by atoms with van der Waals surface area (Å²) in [5, 5.41) is 26.1. The predicted molar refractivity (Wildman–Crippen MR) is 212 cm³/mol. The fourth-order valence-electron chi connectivity index (χ4n) is 8.44.